The zero-order valence-electron chi connectivity index (χ0n) is 17.2. The van der Waals surface area contributed by atoms with E-state index in [1.165, 1.54) is 21.6 Å². The first-order valence-electron chi connectivity index (χ1n) is 10.0. The van der Waals surface area contributed by atoms with Crippen LogP contribution in [0.5, 0.6) is 5.75 Å². The maximum absolute atomic E-state index is 12.8. The Morgan fingerprint density at radius 3 is 2.75 bits per heavy atom. The van der Waals surface area contributed by atoms with Gasteiger partial charge < -0.3 is 9.30 Å². The summed E-state index contributed by atoms with van der Waals surface area (Å²) in [5, 5.41) is 17.9. The molecule has 32 heavy (non-hydrogen) atoms. The van der Waals surface area contributed by atoms with Gasteiger partial charge in [0.1, 0.15) is 10.8 Å². The van der Waals surface area contributed by atoms with Gasteiger partial charge in [-0.1, -0.05) is 6.07 Å². The SMILES string of the molecule is CCOc1ccc(-n2cccc2/C=C2/C(=N)N3N=C(Cc4cccs4)SC3=NC2=O)cc1. The van der Waals surface area contributed by atoms with Crippen LogP contribution in [0.25, 0.3) is 11.8 Å². The highest BCUT2D eigenvalue weighted by Gasteiger charge is 2.35. The molecular weight excluding hydrogens is 442 g/mol. The van der Waals surface area contributed by atoms with Gasteiger partial charge in [-0.25, -0.2) is 0 Å². The number of fused-ring (bicyclic) bond motifs is 1. The monoisotopic (exact) mass is 461 g/mol. The predicted molar refractivity (Wildman–Crippen MR) is 130 cm³/mol. The number of hydrogen-bond donors (Lipinski definition) is 1. The standard InChI is InChI=1S/C23H19N5O2S2/c1-2-30-17-9-7-15(8-10-17)27-11-3-5-16(27)13-19-21(24)28-23(25-22(19)29)32-20(26-28)14-18-6-4-12-31-18/h3-13,24H,2,14H2,1H3/b19-13-,24-21?. The van der Waals surface area contributed by atoms with Gasteiger partial charge in [0.15, 0.2) is 5.84 Å². The number of carbonyl (C=O) groups excluding carboxylic acids is 1. The topological polar surface area (TPSA) is 83.0 Å². The van der Waals surface area contributed by atoms with Crippen molar-refractivity contribution in [3.05, 3.63) is 76.3 Å². The number of nitrogens with one attached hydrogen (secondary N) is 1. The largest absolute Gasteiger partial charge is 0.494 e. The van der Waals surface area contributed by atoms with Crippen molar-refractivity contribution in [1.82, 2.24) is 9.58 Å². The van der Waals surface area contributed by atoms with Gasteiger partial charge in [-0.05, 0) is 72.6 Å². The van der Waals surface area contributed by atoms with Crippen molar-refractivity contribution >= 4 is 51.1 Å². The lowest BCUT2D eigenvalue weighted by molar-refractivity contribution is -0.114. The Morgan fingerprint density at radius 2 is 2.00 bits per heavy atom. The molecule has 0 spiro atoms. The van der Waals surface area contributed by atoms with Crippen LogP contribution in [-0.2, 0) is 11.2 Å². The third-order valence-electron chi connectivity index (χ3n) is 4.90. The van der Waals surface area contributed by atoms with Gasteiger partial charge in [-0.3, -0.25) is 10.2 Å². The maximum Gasteiger partial charge on any atom is 0.283 e. The number of hydrazone groups is 1. The van der Waals surface area contributed by atoms with E-state index in [-0.39, 0.29) is 11.4 Å². The summed E-state index contributed by atoms with van der Waals surface area (Å²) < 4.78 is 7.46. The third kappa shape index (κ3) is 3.92. The van der Waals surface area contributed by atoms with Crippen LogP contribution < -0.4 is 4.74 Å². The number of aliphatic imine (C=N–C) groups is 1. The minimum absolute atomic E-state index is 0.0353. The number of amides is 1. The molecule has 0 fully saturated rings. The molecule has 1 N–H and O–H groups in total. The van der Waals surface area contributed by atoms with Gasteiger partial charge >= 0.3 is 0 Å². The smallest absolute Gasteiger partial charge is 0.283 e. The highest BCUT2D eigenvalue weighted by Crippen LogP contribution is 2.30. The summed E-state index contributed by atoms with van der Waals surface area (Å²) in [5.41, 5.74) is 1.91. The molecule has 0 atom stereocenters. The number of thioether (sulfide) groups is 1. The quantitative estimate of drug-likeness (QED) is 0.535. The summed E-state index contributed by atoms with van der Waals surface area (Å²) in [6.45, 7) is 2.56. The van der Waals surface area contributed by atoms with Gasteiger partial charge in [-0.2, -0.15) is 15.1 Å². The number of hydrogen-bond acceptors (Lipinski definition) is 6. The van der Waals surface area contributed by atoms with Crippen molar-refractivity contribution in [2.45, 2.75) is 13.3 Å². The van der Waals surface area contributed by atoms with E-state index in [1.54, 1.807) is 17.4 Å². The Morgan fingerprint density at radius 1 is 1.16 bits per heavy atom. The van der Waals surface area contributed by atoms with Crippen LogP contribution in [0.1, 0.15) is 17.5 Å². The second-order valence-corrected chi connectivity index (χ2v) is 9.07. The van der Waals surface area contributed by atoms with Crippen molar-refractivity contribution < 1.29 is 9.53 Å². The fourth-order valence-corrected chi connectivity index (χ4v) is 5.14. The molecule has 2 aromatic heterocycles. The number of aromatic nitrogens is 1. The van der Waals surface area contributed by atoms with E-state index < -0.39 is 5.91 Å². The highest BCUT2D eigenvalue weighted by atomic mass is 32.2. The van der Waals surface area contributed by atoms with Crippen molar-refractivity contribution in [1.29, 1.82) is 5.41 Å². The zero-order valence-corrected chi connectivity index (χ0v) is 18.8. The average Bonchev–Trinajstić information content (AvgIpc) is 3.54. The van der Waals surface area contributed by atoms with Crippen LogP contribution in [0, 0.1) is 5.41 Å². The number of thiophene rings is 1. The van der Waals surface area contributed by atoms with Gasteiger partial charge in [0.05, 0.1) is 12.2 Å². The Labute approximate surface area is 193 Å². The van der Waals surface area contributed by atoms with Crippen LogP contribution in [0.3, 0.4) is 0 Å². The Kier molecular flexibility index (Phi) is 5.50. The molecule has 0 aliphatic carbocycles. The van der Waals surface area contributed by atoms with Crippen molar-refractivity contribution in [3.8, 4) is 11.4 Å². The van der Waals surface area contributed by atoms with Crippen LogP contribution in [0.4, 0.5) is 0 Å². The third-order valence-corrected chi connectivity index (χ3v) is 6.69. The summed E-state index contributed by atoms with van der Waals surface area (Å²) in [6, 6.07) is 15.6. The van der Waals surface area contributed by atoms with Gasteiger partial charge in [-0.15, -0.1) is 11.3 Å². The molecule has 0 radical (unpaired) electrons. The molecule has 7 nitrogen and oxygen atoms in total. The zero-order chi connectivity index (χ0) is 22.1. The molecule has 1 amide bonds. The summed E-state index contributed by atoms with van der Waals surface area (Å²) in [7, 11) is 0. The molecule has 0 unspecified atom stereocenters. The van der Waals surface area contributed by atoms with Gasteiger partial charge in [0.2, 0.25) is 5.17 Å². The second-order valence-electron chi connectivity index (χ2n) is 7.00. The number of ether oxygens (including phenoxy) is 1. The van der Waals surface area contributed by atoms with E-state index in [0.29, 0.717) is 18.2 Å². The highest BCUT2D eigenvalue weighted by molar-refractivity contribution is 8.27. The molecule has 2 aliphatic rings. The van der Waals surface area contributed by atoms with E-state index in [4.69, 9.17) is 10.1 Å². The molecule has 1 aromatic carbocycles. The minimum Gasteiger partial charge on any atom is -0.494 e. The van der Waals surface area contributed by atoms with E-state index >= 15 is 0 Å². The summed E-state index contributed by atoms with van der Waals surface area (Å²) in [6.07, 6.45) is 4.27. The molecule has 4 heterocycles. The van der Waals surface area contributed by atoms with E-state index in [2.05, 4.69) is 10.1 Å². The lowest BCUT2D eigenvalue weighted by Gasteiger charge is -2.20. The van der Waals surface area contributed by atoms with Crippen LogP contribution >= 0.6 is 23.1 Å². The number of nitrogens with zero attached hydrogens (tertiary/aromatic N) is 4. The molecular formula is C23H19N5O2S2. The van der Waals surface area contributed by atoms with Crippen LogP contribution in [-0.4, -0.2) is 38.1 Å². The molecule has 0 saturated carbocycles. The minimum atomic E-state index is -0.430. The maximum atomic E-state index is 12.8. The van der Waals surface area contributed by atoms with E-state index in [0.717, 1.165) is 22.2 Å². The molecule has 160 valence electrons. The van der Waals surface area contributed by atoms with Crippen molar-refractivity contribution in [2.24, 2.45) is 10.1 Å². The molecule has 9 heteroatoms. The number of benzene rings is 1. The van der Waals surface area contributed by atoms with Crippen LogP contribution in [0.15, 0.2) is 75.8 Å². The Bertz CT molecular complexity index is 1270. The Hall–Kier alpha value is -3.43. The Balaban J connectivity index is 1.42. The summed E-state index contributed by atoms with van der Waals surface area (Å²) >= 11 is 3.00. The number of amidine groups is 2. The van der Waals surface area contributed by atoms with Crippen LogP contribution in [0.2, 0.25) is 0 Å². The number of carbonyl (C=O) groups is 1. The first-order valence-corrected chi connectivity index (χ1v) is 11.7. The average molecular weight is 462 g/mol. The second kappa shape index (κ2) is 8.60. The first kappa shape index (κ1) is 20.5. The summed E-state index contributed by atoms with van der Waals surface area (Å²) in [4.78, 5) is 18.1. The molecule has 3 aromatic rings. The predicted octanol–water partition coefficient (Wildman–Crippen LogP) is 4.80. The lowest BCUT2D eigenvalue weighted by Crippen LogP contribution is -2.35. The molecule has 2 aliphatic heterocycles. The fraction of sp³-hybridized carbons (Fsp3) is 0.130. The normalized spacial score (nSPS) is 16.9. The number of rotatable bonds is 6. The van der Waals surface area contributed by atoms with Gasteiger partial charge in [0.25, 0.3) is 5.91 Å². The van der Waals surface area contributed by atoms with Crippen molar-refractivity contribution in [2.75, 3.05) is 6.61 Å². The summed E-state index contributed by atoms with van der Waals surface area (Å²) in [5.74, 6) is 0.408. The molecule has 5 rings (SSSR count). The van der Waals surface area contributed by atoms with E-state index in [1.807, 2.05) is 71.6 Å². The van der Waals surface area contributed by atoms with E-state index in [9.17, 15) is 4.79 Å². The molecule has 0 bridgehead atoms. The lowest BCUT2D eigenvalue weighted by atomic mass is 10.1. The first-order chi connectivity index (χ1) is 15.6. The van der Waals surface area contributed by atoms with Crippen molar-refractivity contribution in [3.63, 3.8) is 0 Å². The molecule has 0 saturated heterocycles. The van der Waals surface area contributed by atoms with Gasteiger partial charge in [0, 0.05) is 28.9 Å². The fourth-order valence-electron chi connectivity index (χ4n) is 3.43.